The number of aliphatic carboxylic acids is 1. The molecule has 4 nitrogen and oxygen atoms in total. The fraction of sp³-hybridized carbons (Fsp3) is 0.941. The van der Waals surface area contributed by atoms with Gasteiger partial charge in [-0.05, 0) is 64.0 Å². The summed E-state index contributed by atoms with van der Waals surface area (Å²) in [4.78, 5) is 14.4. The van der Waals surface area contributed by atoms with E-state index >= 15 is 0 Å². The number of nitrogens with one attached hydrogen (secondary N) is 1. The monoisotopic (exact) mass is 296 g/mol. The molecule has 2 aliphatic rings. The van der Waals surface area contributed by atoms with Gasteiger partial charge in [0.05, 0.1) is 0 Å². The molecule has 1 aliphatic heterocycles. The van der Waals surface area contributed by atoms with Crippen molar-refractivity contribution < 1.29 is 9.90 Å². The molecule has 2 N–H and O–H groups in total. The molecule has 122 valence electrons. The van der Waals surface area contributed by atoms with Gasteiger partial charge in [-0.2, -0.15) is 0 Å². The summed E-state index contributed by atoms with van der Waals surface area (Å²) in [6, 6.07) is 0.654. The van der Waals surface area contributed by atoms with Crippen molar-refractivity contribution in [2.45, 2.75) is 70.9 Å². The molecule has 21 heavy (non-hydrogen) atoms. The highest BCUT2D eigenvalue weighted by atomic mass is 16.4. The van der Waals surface area contributed by atoms with Crippen LogP contribution in [0.4, 0.5) is 0 Å². The number of likely N-dealkylation sites (N-methyl/N-ethyl adjacent to an activating group) is 1. The molecule has 0 aromatic heterocycles. The molecule has 2 rings (SSSR count). The second-order valence-corrected chi connectivity index (χ2v) is 7.21. The van der Waals surface area contributed by atoms with Crippen molar-refractivity contribution >= 4 is 5.97 Å². The summed E-state index contributed by atoms with van der Waals surface area (Å²) in [6.45, 7) is 9.62. The van der Waals surface area contributed by atoms with Gasteiger partial charge in [-0.1, -0.05) is 20.3 Å². The zero-order valence-electron chi connectivity index (χ0n) is 13.9. The SMILES string of the molecule is CCNC1(C(=O)O)CCCC1CCN1CC(C)CCC1C. The van der Waals surface area contributed by atoms with Gasteiger partial charge in [0.25, 0.3) is 0 Å². The van der Waals surface area contributed by atoms with Gasteiger partial charge in [-0.25, -0.2) is 0 Å². The predicted molar refractivity (Wildman–Crippen MR) is 85.4 cm³/mol. The van der Waals surface area contributed by atoms with E-state index < -0.39 is 11.5 Å². The maximum atomic E-state index is 11.8. The quantitative estimate of drug-likeness (QED) is 0.791. The smallest absolute Gasteiger partial charge is 0.324 e. The molecule has 2 fully saturated rings. The van der Waals surface area contributed by atoms with Crippen molar-refractivity contribution in [1.29, 1.82) is 0 Å². The highest BCUT2D eigenvalue weighted by molar-refractivity contribution is 5.79. The Balaban J connectivity index is 1.96. The van der Waals surface area contributed by atoms with Gasteiger partial charge in [0, 0.05) is 12.6 Å². The summed E-state index contributed by atoms with van der Waals surface area (Å²) in [6.07, 6.45) is 6.50. The van der Waals surface area contributed by atoms with E-state index in [0.717, 1.165) is 44.7 Å². The Bertz CT molecular complexity index is 361. The average Bonchev–Trinajstić information content (AvgIpc) is 2.84. The van der Waals surface area contributed by atoms with Crippen molar-refractivity contribution in [3.63, 3.8) is 0 Å². The summed E-state index contributed by atoms with van der Waals surface area (Å²) in [5.74, 6) is 0.411. The third-order valence-electron chi connectivity index (χ3n) is 5.71. The molecule has 1 saturated carbocycles. The number of hydrogen-bond donors (Lipinski definition) is 2. The van der Waals surface area contributed by atoms with Crippen LogP contribution >= 0.6 is 0 Å². The Morgan fingerprint density at radius 3 is 2.76 bits per heavy atom. The second-order valence-electron chi connectivity index (χ2n) is 7.21. The highest BCUT2D eigenvalue weighted by Crippen LogP contribution is 2.38. The molecule has 1 aliphatic carbocycles. The first-order chi connectivity index (χ1) is 9.99. The van der Waals surface area contributed by atoms with Crippen LogP contribution in [0.2, 0.25) is 0 Å². The minimum atomic E-state index is -0.667. The molecule has 4 heteroatoms. The minimum absolute atomic E-state index is 0.277. The first-order valence-electron chi connectivity index (χ1n) is 8.72. The normalized spacial score (nSPS) is 37.8. The fourth-order valence-electron chi connectivity index (χ4n) is 4.39. The molecule has 1 saturated heterocycles. The van der Waals surface area contributed by atoms with Crippen molar-refractivity contribution in [1.82, 2.24) is 10.2 Å². The number of piperidine rings is 1. The average molecular weight is 296 g/mol. The van der Waals surface area contributed by atoms with E-state index in [9.17, 15) is 9.90 Å². The van der Waals surface area contributed by atoms with E-state index in [1.165, 1.54) is 19.4 Å². The van der Waals surface area contributed by atoms with E-state index in [2.05, 4.69) is 24.1 Å². The molecule has 4 atom stereocenters. The summed E-state index contributed by atoms with van der Waals surface area (Å²) in [5, 5.41) is 13.0. The summed E-state index contributed by atoms with van der Waals surface area (Å²) in [7, 11) is 0. The van der Waals surface area contributed by atoms with Crippen LogP contribution in [0, 0.1) is 11.8 Å². The number of nitrogens with zero attached hydrogens (tertiary/aromatic N) is 1. The van der Waals surface area contributed by atoms with E-state index in [-0.39, 0.29) is 5.92 Å². The lowest BCUT2D eigenvalue weighted by atomic mass is 9.84. The zero-order valence-corrected chi connectivity index (χ0v) is 13.9. The van der Waals surface area contributed by atoms with E-state index in [1.54, 1.807) is 0 Å². The lowest BCUT2D eigenvalue weighted by Gasteiger charge is -2.39. The Hall–Kier alpha value is -0.610. The summed E-state index contributed by atoms with van der Waals surface area (Å²) < 4.78 is 0. The van der Waals surface area contributed by atoms with Crippen molar-refractivity contribution in [3.8, 4) is 0 Å². The van der Waals surface area contributed by atoms with Crippen LogP contribution in [0.25, 0.3) is 0 Å². The van der Waals surface area contributed by atoms with Crippen LogP contribution in [0.15, 0.2) is 0 Å². The molecule has 0 spiro atoms. The van der Waals surface area contributed by atoms with Gasteiger partial charge < -0.3 is 15.3 Å². The number of carboxylic acid groups (broad SMARTS) is 1. The van der Waals surface area contributed by atoms with Crippen LogP contribution in [0.1, 0.15) is 59.3 Å². The summed E-state index contributed by atoms with van der Waals surface area (Å²) in [5.41, 5.74) is -0.667. The minimum Gasteiger partial charge on any atom is -0.480 e. The molecule has 0 aromatic carbocycles. The predicted octanol–water partition coefficient (Wildman–Crippen LogP) is 2.73. The zero-order chi connectivity index (χ0) is 15.5. The number of carboxylic acids is 1. The Kier molecular flexibility index (Phi) is 5.67. The molecule has 0 bridgehead atoms. The molecule has 1 heterocycles. The van der Waals surface area contributed by atoms with Crippen LogP contribution in [-0.4, -0.2) is 47.2 Å². The molecular formula is C17H32N2O2. The van der Waals surface area contributed by atoms with Gasteiger partial charge in [0.2, 0.25) is 0 Å². The van der Waals surface area contributed by atoms with Crippen molar-refractivity contribution in [2.75, 3.05) is 19.6 Å². The van der Waals surface area contributed by atoms with Gasteiger partial charge in [-0.3, -0.25) is 4.79 Å². The van der Waals surface area contributed by atoms with Crippen molar-refractivity contribution in [2.24, 2.45) is 11.8 Å². The topological polar surface area (TPSA) is 52.6 Å². The van der Waals surface area contributed by atoms with Gasteiger partial charge in [-0.15, -0.1) is 0 Å². The van der Waals surface area contributed by atoms with Crippen LogP contribution < -0.4 is 5.32 Å². The third-order valence-corrected chi connectivity index (χ3v) is 5.71. The number of hydrogen-bond acceptors (Lipinski definition) is 3. The molecule has 0 amide bonds. The van der Waals surface area contributed by atoms with Gasteiger partial charge in [0.15, 0.2) is 0 Å². The van der Waals surface area contributed by atoms with E-state index in [0.29, 0.717) is 6.04 Å². The molecular weight excluding hydrogens is 264 g/mol. The first kappa shape index (κ1) is 16.8. The summed E-state index contributed by atoms with van der Waals surface area (Å²) >= 11 is 0. The van der Waals surface area contributed by atoms with Gasteiger partial charge in [0.1, 0.15) is 5.54 Å². The first-order valence-corrected chi connectivity index (χ1v) is 8.72. The lowest BCUT2D eigenvalue weighted by molar-refractivity contribution is -0.146. The van der Waals surface area contributed by atoms with Crippen LogP contribution in [0.5, 0.6) is 0 Å². The molecule has 0 aromatic rings. The number of carbonyl (C=O) groups is 1. The van der Waals surface area contributed by atoms with Crippen LogP contribution in [-0.2, 0) is 4.79 Å². The standard InChI is InChI=1S/C17H32N2O2/c1-4-18-17(16(20)21)10-5-6-15(17)9-11-19-12-13(2)7-8-14(19)3/h13-15,18H,4-12H2,1-3H3,(H,20,21). The number of likely N-dealkylation sites (tertiary alicyclic amines) is 1. The largest absolute Gasteiger partial charge is 0.480 e. The van der Waals surface area contributed by atoms with Crippen molar-refractivity contribution in [3.05, 3.63) is 0 Å². The second kappa shape index (κ2) is 7.10. The van der Waals surface area contributed by atoms with Crippen LogP contribution in [0.3, 0.4) is 0 Å². The fourth-order valence-corrected chi connectivity index (χ4v) is 4.39. The highest BCUT2D eigenvalue weighted by Gasteiger charge is 2.48. The Morgan fingerprint density at radius 1 is 1.33 bits per heavy atom. The number of rotatable bonds is 6. The molecule has 4 unspecified atom stereocenters. The Morgan fingerprint density at radius 2 is 2.10 bits per heavy atom. The Labute approximate surface area is 129 Å². The lowest BCUT2D eigenvalue weighted by Crippen LogP contribution is -2.55. The maximum Gasteiger partial charge on any atom is 0.324 e. The van der Waals surface area contributed by atoms with E-state index in [4.69, 9.17) is 0 Å². The van der Waals surface area contributed by atoms with E-state index in [1.807, 2.05) is 6.92 Å². The molecule has 0 radical (unpaired) electrons. The van der Waals surface area contributed by atoms with Gasteiger partial charge >= 0.3 is 5.97 Å². The maximum absolute atomic E-state index is 11.8. The third kappa shape index (κ3) is 3.59.